The monoisotopic (exact) mass is 192 g/mol. The van der Waals surface area contributed by atoms with Crippen LogP contribution in [0, 0.1) is 0 Å². The Morgan fingerprint density at radius 3 is 2.79 bits per heavy atom. The van der Waals surface area contributed by atoms with Crippen LogP contribution in [0.3, 0.4) is 0 Å². The van der Waals surface area contributed by atoms with Gasteiger partial charge in [-0.25, -0.2) is 4.79 Å². The highest BCUT2D eigenvalue weighted by molar-refractivity contribution is 6.58. The molecular formula is C9H9BO4. The lowest BCUT2D eigenvalue weighted by molar-refractivity contribution is -0.128. The summed E-state index contributed by atoms with van der Waals surface area (Å²) in [4.78, 5) is 10.8. The van der Waals surface area contributed by atoms with Crippen LogP contribution in [0.4, 0.5) is 0 Å². The molecule has 0 heterocycles. The molecule has 0 bridgehead atoms. The molecule has 0 saturated heterocycles. The van der Waals surface area contributed by atoms with E-state index in [1.807, 2.05) is 0 Å². The van der Waals surface area contributed by atoms with Crippen molar-refractivity contribution >= 4 is 18.6 Å². The third-order valence-electron chi connectivity index (χ3n) is 1.54. The Morgan fingerprint density at radius 1 is 1.50 bits per heavy atom. The summed E-state index contributed by atoms with van der Waals surface area (Å²) in [6.45, 7) is 3.24. The van der Waals surface area contributed by atoms with Crippen molar-refractivity contribution < 1.29 is 19.6 Å². The van der Waals surface area contributed by atoms with E-state index in [0.29, 0.717) is 0 Å². The largest absolute Gasteiger partial charge is 0.488 e. The van der Waals surface area contributed by atoms with Gasteiger partial charge in [0.25, 0.3) is 0 Å². The predicted octanol–water partition coefficient (Wildman–Crippen LogP) is -0.542. The third-order valence-corrected chi connectivity index (χ3v) is 1.54. The highest BCUT2D eigenvalue weighted by Crippen LogP contribution is 2.07. The Labute approximate surface area is 81.6 Å². The van der Waals surface area contributed by atoms with Gasteiger partial charge in [-0.05, 0) is 17.6 Å². The SMILES string of the molecule is C=CC(=O)Oc1cccc(B(O)O)c1. The Hall–Kier alpha value is -1.59. The predicted molar refractivity (Wildman–Crippen MR) is 52.1 cm³/mol. The number of carbonyl (C=O) groups is 1. The van der Waals surface area contributed by atoms with E-state index in [1.165, 1.54) is 18.2 Å². The summed E-state index contributed by atoms with van der Waals surface area (Å²) in [5.74, 6) is -0.338. The molecule has 0 aliphatic carbocycles. The molecule has 5 heteroatoms. The quantitative estimate of drug-likeness (QED) is 0.292. The Bertz CT molecular complexity index is 348. The molecule has 1 aromatic carbocycles. The molecule has 0 radical (unpaired) electrons. The fourth-order valence-electron chi connectivity index (χ4n) is 0.896. The van der Waals surface area contributed by atoms with E-state index in [4.69, 9.17) is 14.8 Å². The van der Waals surface area contributed by atoms with Crippen molar-refractivity contribution in [2.75, 3.05) is 0 Å². The van der Waals surface area contributed by atoms with Crippen molar-refractivity contribution in [2.45, 2.75) is 0 Å². The lowest BCUT2D eigenvalue weighted by atomic mass is 9.80. The van der Waals surface area contributed by atoms with E-state index < -0.39 is 13.1 Å². The maximum absolute atomic E-state index is 10.8. The summed E-state index contributed by atoms with van der Waals surface area (Å²) >= 11 is 0. The van der Waals surface area contributed by atoms with Gasteiger partial charge in [0.15, 0.2) is 0 Å². The summed E-state index contributed by atoms with van der Waals surface area (Å²) in [6.07, 6.45) is 1.03. The molecular weight excluding hydrogens is 183 g/mol. The van der Waals surface area contributed by atoms with Gasteiger partial charge < -0.3 is 14.8 Å². The van der Waals surface area contributed by atoms with E-state index in [-0.39, 0.29) is 11.2 Å². The molecule has 0 spiro atoms. The van der Waals surface area contributed by atoms with Gasteiger partial charge in [0.1, 0.15) is 5.75 Å². The number of hydrogen-bond donors (Lipinski definition) is 2. The Balaban J connectivity index is 2.83. The number of esters is 1. The fourth-order valence-corrected chi connectivity index (χ4v) is 0.896. The van der Waals surface area contributed by atoms with E-state index in [0.717, 1.165) is 6.08 Å². The van der Waals surface area contributed by atoms with Crippen LogP contribution in [0.1, 0.15) is 0 Å². The minimum Gasteiger partial charge on any atom is -0.423 e. The lowest BCUT2D eigenvalue weighted by Gasteiger charge is -2.03. The molecule has 0 aliphatic heterocycles. The van der Waals surface area contributed by atoms with Crippen LogP contribution in [0.5, 0.6) is 5.75 Å². The average molecular weight is 192 g/mol. The average Bonchev–Trinajstić information content (AvgIpc) is 2.18. The summed E-state index contributed by atoms with van der Waals surface area (Å²) in [6, 6.07) is 5.97. The second-order valence-corrected chi connectivity index (χ2v) is 2.57. The highest BCUT2D eigenvalue weighted by Gasteiger charge is 2.11. The summed E-state index contributed by atoms with van der Waals surface area (Å²) in [5.41, 5.74) is 0.263. The van der Waals surface area contributed by atoms with Gasteiger partial charge in [-0.1, -0.05) is 18.7 Å². The zero-order chi connectivity index (χ0) is 10.6. The van der Waals surface area contributed by atoms with Crippen molar-refractivity contribution in [3.63, 3.8) is 0 Å². The van der Waals surface area contributed by atoms with Gasteiger partial charge in [-0.2, -0.15) is 0 Å². The first-order chi connectivity index (χ1) is 6.63. The smallest absolute Gasteiger partial charge is 0.423 e. The lowest BCUT2D eigenvalue weighted by Crippen LogP contribution is -2.29. The fraction of sp³-hybridized carbons (Fsp3) is 0. The van der Waals surface area contributed by atoms with Crippen LogP contribution in [-0.2, 0) is 4.79 Å². The van der Waals surface area contributed by atoms with Crippen LogP contribution in [0.15, 0.2) is 36.9 Å². The summed E-state index contributed by atoms with van der Waals surface area (Å²) < 4.78 is 4.78. The molecule has 72 valence electrons. The summed E-state index contributed by atoms with van der Waals surface area (Å²) in [7, 11) is -1.57. The van der Waals surface area contributed by atoms with E-state index in [9.17, 15) is 4.79 Å². The van der Waals surface area contributed by atoms with E-state index in [2.05, 4.69) is 6.58 Å². The number of rotatable bonds is 3. The van der Waals surface area contributed by atoms with Gasteiger partial charge in [0.05, 0.1) is 0 Å². The topological polar surface area (TPSA) is 66.8 Å². The number of ether oxygens (including phenoxy) is 1. The summed E-state index contributed by atoms with van der Waals surface area (Å²) in [5, 5.41) is 17.7. The molecule has 0 fully saturated rings. The number of hydrogen-bond acceptors (Lipinski definition) is 4. The maximum atomic E-state index is 10.8. The van der Waals surface area contributed by atoms with Crippen LogP contribution < -0.4 is 10.2 Å². The second-order valence-electron chi connectivity index (χ2n) is 2.57. The minimum atomic E-state index is -1.57. The molecule has 0 atom stereocenters. The highest BCUT2D eigenvalue weighted by atomic mass is 16.5. The minimum absolute atomic E-state index is 0.250. The Morgan fingerprint density at radius 2 is 2.21 bits per heavy atom. The van der Waals surface area contributed by atoms with Gasteiger partial charge in [0, 0.05) is 6.08 Å². The third kappa shape index (κ3) is 2.72. The van der Waals surface area contributed by atoms with Crippen molar-refractivity contribution in [1.29, 1.82) is 0 Å². The first-order valence-electron chi connectivity index (χ1n) is 3.94. The molecule has 1 aromatic rings. The zero-order valence-corrected chi connectivity index (χ0v) is 7.38. The van der Waals surface area contributed by atoms with Crippen molar-refractivity contribution in [2.24, 2.45) is 0 Å². The normalized spacial score (nSPS) is 9.29. The molecule has 0 saturated carbocycles. The van der Waals surface area contributed by atoms with Crippen LogP contribution in [-0.4, -0.2) is 23.1 Å². The van der Waals surface area contributed by atoms with Gasteiger partial charge in [-0.15, -0.1) is 0 Å². The van der Waals surface area contributed by atoms with Gasteiger partial charge in [-0.3, -0.25) is 0 Å². The van der Waals surface area contributed by atoms with Crippen molar-refractivity contribution in [3.05, 3.63) is 36.9 Å². The standard InChI is InChI=1S/C9H9BO4/c1-2-9(11)14-8-5-3-4-7(6-8)10(12)13/h2-6,12-13H,1H2. The molecule has 0 aromatic heterocycles. The molecule has 4 nitrogen and oxygen atoms in total. The first kappa shape index (κ1) is 10.5. The molecule has 0 aliphatic rings. The van der Waals surface area contributed by atoms with Crippen LogP contribution in [0.25, 0.3) is 0 Å². The molecule has 14 heavy (non-hydrogen) atoms. The van der Waals surface area contributed by atoms with E-state index >= 15 is 0 Å². The number of carbonyl (C=O) groups excluding carboxylic acids is 1. The zero-order valence-electron chi connectivity index (χ0n) is 7.38. The van der Waals surface area contributed by atoms with Gasteiger partial charge >= 0.3 is 13.1 Å². The number of benzene rings is 1. The first-order valence-corrected chi connectivity index (χ1v) is 3.94. The van der Waals surface area contributed by atoms with Crippen molar-refractivity contribution in [3.8, 4) is 5.75 Å². The maximum Gasteiger partial charge on any atom is 0.488 e. The van der Waals surface area contributed by atoms with Crippen LogP contribution in [0.2, 0.25) is 0 Å². The van der Waals surface area contributed by atoms with E-state index in [1.54, 1.807) is 6.07 Å². The van der Waals surface area contributed by atoms with Crippen molar-refractivity contribution in [1.82, 2.24) is 0 Å². The molecule has 1 rings (SSSR count). The molecule has 0 amide bonds. The molecule has 0 unspecified atom stereocenters. The Kier molecular flexibility index (Phi) is 3.44. The second kappa shape index (κ2) is 4.60. The van der Waals surface area contributed by atoms with Crippen LogP contribution >= 0.6 is 0 Å². The van der Waals surface area contributed by atoms with Gasteiger partial charge in [0.2, 0.25) is 0 Å². The molecule has 2 N–H and O–H groups in total.